The number of ether oxygens (including phenoxy) is 1. The highest BCUT2D eigenvalue weighted by Crippen LogP contribution is 2.54. The summed E-state index contributed by atoms with van der Waals surface area (Å²) in [4.78, 5) is 12.3. The molecule has 3 atom stereocenters. The smallest absolute Gasteiger partial charge is 0.224 e. The first-order valence-corrected chi connectivity index (χ1v) is 10.8. The van der Waals surface area contributed by atoms with E-state index in [2.05, 4.69) is 34.9 Å². The van der Waals surface area contributed by atoms with Crippen LogP contribution >= 0.6 is 11.6 Å². The first kappa shape index (κ1) is 19.8. The monoisotopic (exact) mass is 410 g/mol. The van der Waals surface area contributed by atoms with Crippen molar-refractivity contribution in [1.82, 2.24) is 0 Å². The van der Waals surface area contributed by atoms with Crippen LogP contribution < -0.4 is 15.4 Å². The summed E-state index contributed by atoms with van der Waals surface area (Å²) in [6.45, 7) is 4.64. The maximum atomic E-state index is 12.3. The Morgan fingerprint density at radius 2 is 2.07 bits per heavy atom. The van der Waals surface area contributed by atoms with Crippen LogP contribution in [0, 0.1) is 5.92 Å². The highest BCUT2D eigenvalue weighted by Gasteiger charge is 2.41. The van der Waals surface area contributed by atoms with Crippen molar-refractivity contribution in [3.05, 3.63) is 64.7 Å². The maximum Gasteiger partial charge on any atom is 0.224 e. The van der Waals surface area contributed by atoms with Crippen LogP contribution in [0.4, 0.5) is 11.4 Å². The second kappa shape index (κ2) is 8.50. The van der Waals surface area contributed by atoms with Crippen LogP contribution in [-0.4, -0.2) is 12.5 Å². The zero-order chi connectivity index (χ0) is 20.4. The van der Waals surface area contributed by atoms with E-state index in [1.54, 1.807) is 0 Å². The van der Waals surface area contributed by atoms with Gasteiger partial charge in [-0.2, -0.15) is 0 Å². The minimum atomic E-state index is 0.0411. The average molecular weight is 411 g/mol. The van der Waals surface area contributed by atoms with Gasteiger partial charge in [0.2, 0.25) is 5.91 Å². The van der Waals surface area contributed by atoms with Crippen molar-refractivity contribution in [3.8, 4) is 5.75 Å². The molecule has 152 valence electrons. The van der Waals surface area contributed by atoms with Crippen molar-refractivity contribution in [1.29, 1.82) is 0 Å². The zero-order valence-electron chi connectivity index (χ0n) is 16.9. The Morgan fingerprint density at radius 1 is 1.24 bits per heavy atom. The summed E-state index contributed by atoms with van der Waals surface area (Å²) in [6, 6.07) is 12.1. The van der Waals surface area contributed by atoms with Gasteiger partial charge in [0.15, 0.2) is 0 Å². The zero-order valence-corrected chi connectivity index (χ0v) is 17.6. The van der Waals surface area contributed by atoms with Gasteiger partial charge in [-0.3, -0.25) is 4.79 Å². The average Bonchev–Trinajstić information content (AvgIpc) is 3.20. The van der Waals surface area contributed by atoms with Crippen molar-refractivity contribution in [2.75, 3.05) is 17.2 Å². The third kappa shape index (κ3) is 3.74. The molecule has 4 rings (SSSR count). The molecule has 0 spiro atoms. The number of allylic oxidation sites excluding steroid dienone is 2. The van der Waals surface area contributed by atoms with Gasteiger partial charge >= 0.3 is 0 Å². The fourth-order valence-electron chi connectivity index (χ4n) is 4.56. The number of anilines is 2. The first-order chi connectivity index (χ1) is 14.1. The predicted octanol–water partition coefficient (Wildman–Crippen LogP) is 6.30. The Labute approximate surface area is 177 Å². The van der Waals surface area contributed by atoms with Crippen LogP contribution in [0.15, 0.2) is 48.6 Å². The third-order valence-electron chi connectivity index (χ3n) is 5.77. The molecule has 1 heterocycles. The van der Waals surface area contributed by atoms with Crippen LogP contribution in [0.25, 0.3) is 0 Å². The SMILES string of the molecule is CCCC(=O)Nc1ccc(Cl)c2c1C1C=CCC1C(c1ccccc1OCC)N2. The fraction of sp³-hybridized carbons (Fsp3) is 0.375. The molecule has 4 nitrogen and oxygen atoms in total. The van der Waals surface area contributed by atoms with E-state index in [-0.39, 0.29) is 17.9 Å². The van der Waals surface area contributed by atoms with Crippen LogP contribution in [0.1, 0.15) is 56.2 Å². The summed E-state index contributed by atoms with van der Waals surface area (Å²) in [6.07, 6.45) is 6.80. The molecule has 5 heteroatoms. The molecule has 0 aromatic heterocycles. The molecule has 0 bridgehead atoms. The lowest BCUT2D eigenvalue weighted by Gasteiger charge is -2.39. The van der Waals surface area contributed by atoms with Gasteiger partial charge in [0.1, 0.15) is 5.75 Å². The molecule has 0 radical (unpaired) electrons. The predicted molar refractivity (Wildman–Crippen MR) is 119 cm³/mol. The Bertz CT molecular complexity index is 940. The van der Waals surface area contributed by atoms with E-state index in [9.17, 15) is 4.79 Å². The van der Waals surface area contributed by atoms with Crippen molar-refractivity contribution in [3.63, 3.8) is 0 Å². The standard InChI is InChI=1S/C24H27ClN2O2/c1-3-8-21(28)26-19-14-13-18(25)24-22(19)15-10-7-11-16(15)23(27-24)17-9-5-6-12-20(17)29-4-2/h5-7,9-10,12-16,23,27H,3-4,8,11H2,1-2H3,(H,26,28). The lowest BCUT2D eigenvalue weighted by molar-refractivity contribution is -0.116. The molecule has 1 amide bonds. The number of hydrogen-bond donors (Lipinski definition) is 2. The van der Waals surface area contributed by atoms with Crippen molar-refractivity contribution < 1.29 is 9.53 Å². The van der Waals surface area contributed by atoms with Crippen LogP contribution in [0.5, 0.6) is 5.75 Å². The topological polar surface area (TPSA) is 50.4 Å². The summed E-state index contributed by atoms with van der Waals surface area (Å²) >= 11 is 6.63. The number of benzene rings is 2. The molecular formula is C24H27ClN2O2. The number of rotatable bonds is 6. The lowest BCUT2D eigenvalue weighted by Crippen LogP contribution is -2.30. The van der Waals surface area contributed by atoms with E-state index in [1.807, 2.05) is 38.1 Å². The molecule has 0 saturated carbocycles. The summed E-state index contributed by atoms with van der Waals surface area (Å²) in [5.41, 5.74) is 4.00. The first-order valence-electron chi connectivity index (χ1n) is 10.4. The van der Waals surface area contributed by atoms with Gasteiger partial charge in [-0.25, -0.2) is 0 Å². The van der Waals surface area contributed by atoms with Crippen molar-refractivity contribution >= 4 is 28.9 Å². The van der Waals surface area contributed by atoms with Gasteiger partial charge in [-0.15, -0.1) is 0 Å². The van der Waals surface area contributed by atoms with E-state index in [4.69, 9.17) is 16.3 Å². The molecule has 2 aromatic carbocycles. The van der Waals surface area contributed by atoms with Crippen molar-refractivity contribution in [2.24, 2.45) is 5.92 Å². The molecule has 2 aromatic rings. The fourth-order valence-corrected chi connectivity index (χ4v) is 4.77. The molecule has 29 heavy (non-hydrogen) atoms. The normalized spacial score (nSPS) is 21.8. The minimum absolute atomic E-state index is 0.0411. The summed E-state index contributed by atoms with van der Waals surface area (Å²) in [5.74, 6) is 1.48. The van der Waals surface area contributed by atoms with Gasteiger partial charge < -0.3 is 15.4 Å². The molecular weight excluding hydrogens is 384 g/mol. The number of carbonyl (C=O) groups is 1. The molecule has 2 N–H and O–H groups in total. The molecule has 0 saturated heterocycles. The Hall–Kier alpha value is -2.46. The lowest BCUT2D eigenvalue weighted by atomic mass is 9.76. The third-order valence-corrected chi connectivity index (χ3v) is 6.09. The van der Waals surface area contributed by atoms with Gasteiger partial charge in [0.05, 0.1) is 23.4 Å². The van der Waals surface area contributed by atoms with Gasteiger partial charge in [-0.1, -0.05) is 48.9 Å². The summed E-state index contributed by atoms with van der Waals surface area (Å²) in [5, 5.41) is 7.47. The van der Waals surface area contributed by atoms with E-state index >= 15 is 0 Å². The van der Waals surface area contributed by atoms with Gasteiger partial charge in [0, 0.05) is 29.2 Å². The number of amides is 1. The quantitative estimate of drug-likeness (QED) is 0.549. The maximum absolute atomic E-state index is 12.3. The number of carbonyl (C=O) groups excluding carboxylic acids is 1. The van der Waals surface area contributed by atoms with Crippen LogP contribution in [0.3, 0.4) is 0 Å². The Kier molecular flexibility index (Phi) is 5.81. The number of hydrogen-bond acceptors (Lipinski definition) is 3. The second-order valence-electron chi connectivity index (χ2n) is 7.63. The highest BCUT2D eigenvalue weighted by atomic mass is 35.5. The molecule has 1 aliphatic heterocycles. The second-order valence-corrected chi connectivity index (χ2v) is 8.04. The molecule has 3 unspecified atom stereocenters. The Morgan fingerprint density at radius 3 is 2.86 bits per heavy atom. The molecule has 0 fully saturated rings. The summed E-state index contributed by atoms with van der Waals surface area (Å²) < 4.78 is 5.91. The van der Waals surface area contributed by atoms with Crippen molar-refractivity contribution in [2.45, 2.75) is 45.1 Å². The summed E-state index contributed by atoms with van der Waals surface area (Å²) in [7, 11) is 0. The minimum Gasteiger partial charge on any atom is -0.494 e. The highest BCUT2D eigenvalue weighted by molar-refractivity contribution is 6.33. The van der Waals surface area contributed by atoms with Crippen LogP contribution in [0.2, 0.25) is 5.02 Å². The number of para-hydroxylation sites is 1. The van der Waals surface area contributed by atoms with Gasteiger partial charge in [-0.05, 0) is 43.9 Å². The number of nitrogens with one attached hydrogen (secondary N) is 2. The van der Waals surface area contributed by atoms with E-state index in [0.717, 1.165) is 41.1 Å². The van der Waals surface area contributed by atoms with E-state index in [0.29, 0.717) is 24.0 Å². The van der Waals surface area contributed by atoms with Crippen LogP contribution in [-0.2, 0) is 4.79 Å². The van der Waals surface area contributed by atoms with Gasteiger partial charge in [0.25, 0.3) is 0 Å². The van der Waals surface area contributed by atoms with E-state index < -0.39 is 0 Å². The number of fused-ring (bicyclic) bond motifs is 3. The number of halogens is 1. The molecule has 1 aliphatic carbocycles. The van der Waals surface area contributed by atoms with E-state index in [1.165, 1.54) is 0 Å². The molecule has 2 aliphatic rings. The Balaban J connectivity index is 1.77. The largest absolute Gasteiger partial charge is 0.494 e.